The van der Waals surface area contributed by atoms with Crippen LogP contribution < -0.4 is 9.64 Å². The number of esters is 1. The van der Waals surface area contributed by atoms with Crippen LogP contribution in [0.3, 0.4) is 0 Å². The Kier molecular flexibility index (Phi) is 8.41. The summed E-state index contributed by atoms with van der Waals surface area (Å²) < 4.78 is 35.7. The first-order valence-corrected chi connectivity index (χ1v) is 16.7. The molecule has 0 saturated carbocycles. The Hall–Kier alpha value is -4.76. The van der Waals surface area contributed by atoms with Crippen molar-refractivity contribution in [1.29, 1.82) is 0 Å². The number of nitrogens with zero attached hydrogens (tertiary/aromatic N) is 4. The highest BCUT2D eigenvalue weighted by Gasteiger charge is 2.35. The Morgan fingerprint density at radius 1 is 0.958 bits per heavy atom. The van der Waals surface area contributed by atoms with E-state index in [2.05, 4.69) is 41.3 Å². The van der Waals surface area contributed by atoms with Crippen molar-refractivity contribution >= 4 is 17.3 Å². The van der Waals surface area contributed by atoms with Crippen LogP contribution in [0, 0.1) is 12.7 Å². The third-order valence-electron chi connectivity index (χ3n) is 9.10. The molecule has 6 bridgehead atoms. The highest BCUT2D eigenvalue weighted by atomic mass is 19.1. The van der Waals surface area contributed by atoms with E-state index >= 15 is 4.39 Å². The Morgan fingerprint density at radius 2 is 1.77 bits per heavy atom. The number of fused-ring (bicyclic) bond motifs is 8. The summed E-state index contributed by atoms with van der Waals surface area (Å²) in [4.78, 5) is 20.6. The highest BCUT2D eigenvalue weighted by molar-refractivity contribution is 5.84. The highest BCUT2D eigenvalue weighted by Crippen LogP contribution is 2.43. The van der Waals surface area contributed by atoms with Crippen LogP contribution in [0.5, 0.6) is 5.75 Å². The van der Waals surface area contributed by atoms with Crippen molar-refractivity contribution in [2.24, 2.45) is 0 Å². The molecule has 0 amide bonds. The molecule has 2 aliphatic heterocycles. The summed E-state index contributed by atoms with van der Waals surface area (Å²) in [7, 11) is 1.32. The third-order valence-corrected chi connectivity index (χ3v) is 9.10. The molecule has 0 spiro atoms. The van der Waals surface area contributed by atoms with E-state index in [9.17, 15) is 4.79 Å². The molecular formula is C39H41FN4O4. The van der Waals surface area contributed by atoms with Gasteiger partial charge in [0.05, 0.1) is 36.3 Å². The number of rotatable bonds is 3. The predicted octanol–water partition coefficient (Wildman–Crippen LogP) is 8.13. The summed E-state index contributed by atoms with van der Waals surface area (Å²) in [5.74, 6) is -0.594. The third kappa shape index (κ3) is 6.03. The summed E-state index contributed by atoms with van der Waals surface area (Å²) in [6.07, 6.45) is 2.90. The number of benzene rings is 3. The second kappa shape index (κ2) is 12.7. The monoisotopic (exact) mass is 648 g/mol. The Morgan fingerprint density at radius 3 is 2.58 bits per heavy atom. The molecule has 48 heavy (non-hydrogen) atoms. The number of halogens is 1. The summed E-state index contributed by atoms with van der Waals surface area (Å²) in [5.41, 5.74) is 7.39. The Bertz CT molecular complexity index is 2010. The van der Waals surface area contributed by atoms with Crippen molar-refractivity contribution in [2.75, 3.05) is 31.7 Å². The first-order valence-electron chi connectivity index (χ1n) is 16.7. The number of anilines is 1. The predicted molar refractivity (Wildman–Crippen MR) is 185 cm³/mol. The maximum Gasteiger partial charge on any atom is 0.339 e. The van der Waals surface area contributed by atoms with E-state index in [4.69, 9.17) is 24.3 Å². The maximum atomic E-state index is 16.5. The topological polar surface area (TPSA) is 78.2 Å². The van der Waals surface area contributed by atoms with Crippen LogP contribution in [0.4, 0.5) is 10.1 Å². The molecule has 9 heteroatoms. The largest absolute Gasteiger partial charge is 0.489 e. The zero-order valence-electron chi connectivity index (χ0n) is 28.2. The lowest BCUT2D eigenvalue weighted by molar-refractivity contribution is -0.164. The maximum absolute atomic E-state index is 16.5. The molecule has 0 N–H and O–H groups in total. The van der Waals surface area contributed by atoms with Gasteiger partial charge in [0.2, 0.25) is 0 Å². The number of ether oxygens (including phenoxy) is 3. The van der Waals surface area contributed by atoms with Crippen LogP contribution in [-0.4, -0.2) is 53.0 Å². The number of carbonyl (C=O) groups is 1. The number of carbonyl (C=O) groups excluding carboxylic acids is 1. The smallest absolute Gasteiger partial charge is 0.339 e. The van der Waals surface area contributed by atoms with Gasteiger partial charge in [0.1, 0.15) is 18.2 Å². The van der Waals surface area contributed by atoms with Gasteiger partial charge in [-0.15, -0.1) is 0 Å². The van der Waals surface area contributed by atoms with E-state index in [1.807, 2.05) is 52.0 Å². The summed E-state index contributed by atoms with van der Waals surface area (Å²) >= 11 is 0. The quantitative estimate of drug-likeness (QED) is 0.183. The SMILES string of the molecule is COC(=O)[C@@H](OC(C)(C)C)c1c(C)nc2cc3nn2c1-c1cc2c(cc1F)OCCN2CCCCCc1ccccc1-c1cccc-3c1. The van der Waals surface area contributed by atoms with E-state index in [1.165, 1.54) is 24.3 Å². The van der Waals surface area contributed by atoms with Gasteiger partial charge in [-0.1, -0.05) is 48.9 Å². The number of hydrogen-bond donors (Lipinski definition) is 0. The van der Waals surface area contributed by atoms with Crippen molar-refractivity contribution in [2.45, 2.75) is 65.1 Å². The molecule has 5 aromatic rings. The van der Waals surface area contributed by atoms with E-state index in [0.29, 0.717) is 47.2 Å². The van der Waals surface area contributed by atoms with Gasteiger partial charge in [-0.3, -0.25) is 0 Å². The normalized spacial score (nSPS) is 15.3. The minimum Gasteiger partial charge on any atom is -0.489 e. The minimum atomic E-state index is -1.19. The van der Waals surface area contributed by atoms with E-state index < -0.39 is 23.5 Å². The molecule has 0 aliphatic carbocycles. The number of hydrogen-bond acceptors (Lipinski definition) is 7. The molecule has 7 rings (SSSR count). The van der Waals surface area contributed by atoms with Crippen molar-refractivity contribution in [3.63, 3.8) is 0 Å². The van der Waals surface area contributed by atoms with Crippen molar-refractivity contribution in [3.8, 4) is 39.4 Å². The first kappa shape index (κ1) is 31.8. The Labute approximate surface area is 280 Å². The zero-order valence-corrected chi connectivity index (χ0v) is 28.2. The molecule has 1 atom stereocenters. The lowest BCUT2D eigenvalue weighted by atomic mass is 9.94. The van der Waals surface area contributed by atoms with Gasteiger partial charge in [0.15, 0.2) is 11.8 Å². The molecular weight excluding hydrogens is 607 g/mol. The fraction of sp³-hybridized carbons (Fsp3) is 0.359. The standard InChI is InChI=1S/C39H41FN4O4/c1-24-35(37(38(45)46-5)48-39(2,3)4)36-29-21-32-33(22-30(29)40)47-19-18-43(32)17-10-6-7-12-25-13-8-9-16-28(25)26-14-11-15-27(20-26)31-23-34(41-24)44(36)42-31/h8-9,11,13-16,20-23,37H,6-7,10,12,17-19H2,1-5H3/t37-/m0/s1. The molecule has 3 aromatic carbocycles. The molecule has 0 fully saturated rings. The fourth-order valence-corrected chi connectivity index (χ4v) is 6.90. The minimum absolute atomic E-state index is 0.277. The lowest BCUT2D eigenvalue weighted by Crippen LogP contribution is -2.33. The van der Waals surface area contributed by atoms with Crippen molar-refractivity contribution in [1.82, 2.24) is 14.6 Å². The summed E-state index contributed by atoms with van der Waals surface area (Å²) in [6, 6.07) is 22.1. The first-order chi connectivity index (χ1) is 23.1. The average molecular weight is 649 g/mol. The van der Waals surface area contributed by atoms with E-state index in [0.717, 1.165) is 49.0 Å². The van der Waals surface area contributed by atoms with Gasteiger partial charge >= 0.3 is 5.97 Å². The van der Waals surface area contributed by atoms with Gasteiger partial charge in [-0.25, -0.2) is 18.7 Å². The second-order valence-corrected chi connectivity index (χ2v) is 13.6. The summed E-state index contributed by atoms with van der Waals surface area (Å²) in [5, 5.41) is 5.06. The molecule has 248 valence electrons. The molecule has 8 nitrogen and oxygen atoms in total. The van der Waals surface area contributed by atoms with Crippen LogP contribution in [0.2, 0.25) is 0 Å². The second-order valence-electron chi connectivity index (χ2n) is 13.6. The zero-order chi connectivity index (χ0) is 33.6. The Balaban J connectivity index is 1.53. The number of aryl methyl sites for hydroxylation is 2. The molecule has 0 unspecified atom stereocenters. The average Bonchev–Trinajstić information content (AvgIpc) is 3.49. The van der Waals surface area contributed by atoms with E-state index in [1.54, 1.807) is 4.52 Å². The van der Waals surface area contributed by atoms with Gasteiger partial charge in [-0.05, 0) is 75.8 Å². The molecule has 0 radical (unpaired) electrons. The molecule has 2 aliphatic rings. The molecule has 2 aromatic heterocycles. The van der Waals surface area contributed by atoms with Crippen molar-refractivity contribution < 1.29 is 23.4 Å². The molecule has 4 heterocycles. The van der Waals surface area contributed by atoms with Gasteiger partial charge in [0.25, 0.3) is 0 Å². The summed E-state index contributed by atoms with van der Waals surface area (Å²) in [6.45, 7) is 9.39. The number of aromatic nitrogens is 3. The number of methoxy groups -OCH3 is 1. The van der Waals surface area contributed by atoms with Gasteiger partial charge < -0.3 is 19.1 Å². The lowest BCUT2D eigenvalue weighted by Gasteiger charge is -2.32. The van der Waals surface area contributed by atoms with Gasteiger partial charge in [-0.2, -0.15) is 5.10 Å². The van der Waals surface area contributed by atoms with Crippen LogP contribution in [0.1, 0.15) is 63.0 Å². The van der Waals surface area contributed by atoms with Crippen LogP contribution in [0.15, 0.2) is 66.7 Å². The van der Waals surface area contributed by atoms with Gasteiger partial charge in [0, 0.05) is 41.1 Å². The van der Waals surface area contributed by atoms with Crippen LogP contribution in [-0.2, 0) is 20.7 Å². The van der Waals surface area contributed by atoms with E-state index in [-0.39, 0.29) is 5.56 Å². The van der Waals surface area contributed by atoms with Crippen LogP contribution >= 0.6 is 0 Å². The van der Waals surface area contributed by atoms with Crippen LogP contribution in [0.25, 0.3) is 39.3 Å². The molecule has 0 saturated heterocycles. The van der Waals surface area contributed by atoms with Crippen molar-refractivity contribution in [3.05, 3.63) is 89.4 Å². The fourth-order valence-electron chi connectivity index (χ4n) is 6.90.